The molecule has 0 saturated heterocycles. The van der Waals surface area contributed by atoms with Gasteiger partial charge in [-0.05, 0) is 24.7 Å². The summed E-state index contributed by atoms with van der Waals surface area (Å²) in [4.78, 5) is 18.0. The van der Waals surface area contributed by atoms with Crippen molar-refractivity contribution in [3.8, 4) is 0 Å². The van der Waals surface area contributed by atoms with Gasteiger partial charge in [-0.2, -0.15) is 0 Å². The fraction of sp³-hybridized carbons (Fsp3) is 0.200. The molecule has 0 N–H and O–H groups in total. The van der Waals surface area contributed by atoms with Gasteiger partial charge in [0.2, 0.25) is 0 Å². The van der Waals surface area contributed by atoms with Gasteiger partial charge in [0.15, 0.2) is 5.78 Å². The lowest BCUT2D eigenvalue weighted by molar-refractivity contribution is 0.0943. The summed E-state index contributed by atoms with van der Waals surface area (Å²) in [5, 5.41) is 0. The number of hydrogen-bond donors (Lipinski definition) is 0. The van der Waals surface area contributed by atoms with Gasteiger partial charge >= 0.3 is 0 Å². The van der Waals surface area contributed by atoms with Crippen LogP contribution in [0.15, 0.2) is 54.9 Å². The van der Waals surface area contributed by atoms with E-state index in [9.17, 15) is 4.79 Å². The Bertz CT molecular complexity index is 496. The Morgan fingerprint density at radius 2 is 1.78 bits per heavy atom. The third kappa shape index (κ3) is 3.50. The van der Waals surface area contributed by atoms with Crippen LogP contribution in [-0.2, 0) is 6.54 Å². The second kappa shape index (κ2) is 6.07. The largest absolute Gasteiger partial charge is 0.295 e. The molecule has 0 amide bonds. The minimum absolute atomic E-state index is 0.146. The van der Waals surface area contributed by atoms with Crippen molar-refractivity contribution in [1.29, 1.82) is 0 Å². The molecule has 0 radical (unpaired) electrons. The van der Waals surface area contributed by atoms with Gasteiger partial charge in [0.1, 0.15) is 0 Å². The van der Waals surface area contributed by atoms with Crippen LogP contribution in [-0.4, -0.2) is 29.3 Å². The molecule has 18 heavy (non-hydrogen) atoms. The van der Waals surface area contributed by atoms with Crippen molar-refractivity contribution >= 4 is 5.78 Å². The van der Waals surface area contributed by atoms with Gasteiger partial charge in [0, 0.05) is 24.5 Å². The van der Waals surface area contributed by atoms with E-state index in [1.54, 1.807) is 12.4 Å². The molecule has 0 atom stereocenters. The Morgan fingerprint density at radius 1 is 1.11 bits per heavy atom. The molecule has 0 fully saturated rings. The Labute approximate surface area is 107 Å². The van der Waals surface area contributed by atoms with Gasteiger partial charge in [-0.1, -0.05) is 30.3 Å². The Kier molecular flexibility index (Phi) is 4.20. The molecule has 2 aromatic rings. The number of likely N-dealkylation sites (N-methyl/N-ethyl adjacent to an activating group) is 1. The van der Waals surface area contributed by atoms with Crippen LogP contribution in [0.2, 0.25) is 0 Å². The molecular formula is C15H16N2O. The van der Waals surface area contributed by atoms with Crippen molar-refractivity contribution in [3.63, 3.8) is 0 Å². The summed E-state index contributed by atoms with van der Waals surface area (Å²) in [5.74, 6) is 0.146. The van der Waals surface area contributed by atoms with Crippen LogP contribution >= 0.6 is 0 Å². The molecule has 1 heterocycles. The number of benzene rings is 1. The van der Waals surface area contributed by atoms with Crippen molar-refractivity contribution in [2.45, 2.75) is 6.54 Å². The highest BCUT2D eigenvalue weighted by Gasteiger charge is 2.08. The molecular weight excluding hydrogens is 224 g/mol. The molecule has 3 heteroatoms. The molecule has 0 bridgehead atoms. The van der Waals surface area contributed by atoms with Crippen molar-refractivity contribution in [1.82, 2.24) is 9.88 Å². The van der Waals surface area contributed by atoms with Crippen molar-refractivity contribution in [3.05, 3.63) is 66.0 Å². The lowest BCUT2D eigenvalue weighted by Crippen LogP contribution is -2.25. The number of carbonyl (C=O) groups excluding carboxylic acids is 1. The first-order chi connectivity index (χ1) is 8.75. The number of hydrogen-bond acceptors (Lipinski definition) is 3. The highest BCUT2D eigenvalue weighted by atomic mass is 16.1. The van der Waals surface area contributed by atoms with Crippen LogP contribution in [0.25, 0.3) is 0 Å². The lowest BCUT2D eigenvalue weighted by Gasteiger charge is -2.15. The maximum atomic E-state index is 12.0. The van der Waals surface area contributed by atoms with E-state index in [1.807, 2.05) is 54.4 Å². The van der Waals surface area contributed by atoms with E-state index in [4.69, 9.17) is 0 Å². The van der Waals surface area contributed by atoms with E-state index in [0.717, 1.165) is 17.7 Å². The maximum absolute atomic E-state index is 12.0. The predicted molar refractivity (Wildman–Crippen MR) is 71.3 cm³/mol. The molecule has 0 aliphatic heterocycles. The van der Waals surface area contributed by atoms with Crippen LogP contribution in [0.3, 0.4) is 0 Å². The van der Waals surface area contributed by atoms with Gasteiger partial charge in [-0.25, -0.2) is 0 Å². The minimum atomic E-state index is 0.146. The molecule has 0 unspecified atom stereocenters. The molecule has 2 rings (SSSR count). The second-order valence-corrected chi connectivity index (χ2v) is 4.32. The zero-order valence-corrected chi connectivity index (χ0v) is 10.4. The van der Waals surface area contributed by atoms with Gasteiger partial charge in [-0.3, -0.25) is 14.7 Å². The normalized spacial score (nSPS) is 10.6. The fourth-order valence-electron chi connectivity index (χ4n) is 1.82. The number of carbonyl (C=O) groups is 1. The van der Waals surface area contributed by atoms with Crippen LogP contribution in [0.1, 0.15) is 15.9 Å². The summed E-state index contributed by atoms with van der Waals surface area (Å²) >= 11 is 0. The van der Waals surface area contributed by atoms with Crippen LogP contribution in [0, 0.1) is 0 Å². The lowest BCUT2D eigenvalue weighted by atomic mass is 10.1. The molecule has 1 aromatic carbocycles. The molecule has 0 saturated carbocycles. The van der Waals surface area contributed by atoms with Gasteiger partial charge in [0.05, 0.1) is 6.54 Å². The predicted octanol–water partition coefficient (Wildman–Crippen LogP) is 2.40. The van der Waals surface area contributed by atoms with Crippen LogP contribution in [0.5, 0.6) is 0 Å². The molecule has 92 valence electrons. The highest BCUT2D eigenvalue weighted by Crippen LogP contribution is 2.04. The van der Waals surface area contributed by atoms with E-state index in [-0.39, 0.29) is 5.78 Å². The van der Waals surface area contributed by atoms with E-state index in [2.05, 4.69) is 4.98 Å². The Hall–Kier alpha value is -2.00. The third-order valence-electron chi connectivity index (χ3n) is 2.71. The summed E-state index contributed by atoms with van der Waals surface area (Å²) in [6.45, 7) is 1.17. The first-order valence-corrected chi connectivity index (χ1v) is 5.91. The number of ketones is 1. The highest BCUT2D eigenvalue weighted by molar-refractivity contribution is 5.97. The van der Waals surface area contributed by atoms with Gasteiger partial charge in [0.25, 0.3) is 0 Å². The number of pyridine rings is 1. The molecule has 1 aromatic heterocycles. The average molecular weight is 240 g/mol. The Balaban J connectivity index is 1.92. The molecule has 0 aliphatic rings. The number of Topliss-reactive ketones (excluding diaryl/α,β-unsaturated/α-hetero) is 1. The van der Waals surface area contributed by atoms with Gasteiger partial charge < -0.3 is 0 Å². The van der Waals surface area contributed by atoms with Crippen molar-refractivity contribution < 1.29 is 4.79 Å². The second-order valence-electron chi connectivity index (χ2n) is 4.32. The smallest absolute Gasteiger partial charge is 0.176 e. The van der Waals surface area contributed by atoms with Crippen LogP contribution in [0.4, 0.5) is 0 Å². The zero-order chi connectivity index (χ0) is 12.8. The average Bonchev–Trinajstić information content (AvgIpc) is 2.40. The SMILES string of the molecule is CN(CC(=O)c1ccccc1)Cc1ccncc1. The summed E-state index contributed by atoms with van der Waals surface area (Å²) in [7, 11) is 1.95. The number of nitrogens with zero attached hydrogens (tertiary/aromatic N) is 2. The molecule has 3 nitrogen and oxygen atoms in total. The summed E-state index contributed by atoms with van der Waals surface area (Å²) in [5.41, 5.74) is 1.92. The van der Waals surface area contributed by atoms with E-state index >= 15 is 0 Å². The maximum Gasteiger partial charge on any atom is 0.176 e. The first kappa shape index (κ1) is 12.5. The number of aromatic nitrogens is 1. The quantitative estimate of drug-likeness (QED) is 0.752. The molecule has 0 aliphatic carbocycles. The summed E-state index contributed by atoms with van der Waals surface area (Å²) in [6, 6.07) is 13.3. The van der Waals surface area contributed by atoms with Crippen LogP contribution < -0.4 is 0 Å². The van der Waals surface area contributed by atoms with E-state index in [0.29, 0.717) is 6.54 Å². The fourth-order valence-corrected chi connectivity index (χ4v) is 1.82. The standard InChI is InChI=1S/C15H16N2O/c1-17(11-13-7-9-16-10-8-13)12-15(18)14-5-3-2-4-6-14/h2-10H,11-12H2,1H3. The van der Waals surface area contributed by atoms with Gasteiger partial charge in [-0.15, -0.1) is 0 Å². The Morgan fingerprint density at radius 3 is 2.44 bits per heavy atom. The molecule has 0 spiro atoms. The summed E-state index contributed by atoms with van der Waals surface area (Å²) in [6.07, 6.45) is 3.53. The zero-order valence-electron chi connectivity index (χ0n) is 10.4. The first-order valence-electron chi connectivity index (χ1n) is 5.91. The van der Waals surface area contributed by atoms with E-state index in [1.165, 1.54) is 0 Å². The third-order valence-corrected chi connectivity index (χ3v) is 2.71. The van der Waals surface area contributed by atoms with E-state index < -0.39 is 0 Å². The topological polar surface area (TPSA) is 33.2 Å². The minimum Gasteiger partial charge on any atom is -0.295 e. The number of rotatable bonds is 5. The monoisotopic (exact) mass is 240 g/mol. The van der Waals surface area contributed by atoms with Crippen molar-refractivity contribution in [2.24, 2.45) is 0 Å². The summed E-state index contributed by atoms with van der Waals surface area (Å²) < 4.78 is 0. The van der Waals surface area contributed by atoms with Crippen molar-refractivity contribution in [2.75, 3.05) is 13.6 Å².